The lowest BCUT2D eigenvalue weighted by atomic mass is 10.4. The van der Waals surface area contributed by atoms with Gasteiger partial charge in [0.25, 0.3) is 0 Å². The lowest BCUT2D eigenvalue weighted by Gasteiger charge is -2.06. The van der Waals surface area contributed by atoms with Crippen LogP contribution in [0.3, 0.4) is 0 Å². The Hall–Kier alpha value is -0.940. The van der Waals surface area contributed by atoms with Crippen LogP contribution in [0.5, 0.6) is 0 Å². The first kappa shape index (κ1) is 12.5. The van der Waals surface area contributed by atoms with Crippen LogP contribution >= 0.6 is 11.6 Å². The van der Waals surface area contributed by atoms with E-state index in [2.05, 4.69) is 15.3 Å². The van der Waals surface area contributed by atoms with E-state index >= 15 is 0 Å². The second kappa shape index (κ2) is 6.12. The van der Waals surface area contributed by atoms with Crippen LogP contribution in [0.25, 0.3) is 0 Å². The van der Waals surface area contributed by atoms with Crippen LogP contribution in [0.1, 0.15) is 19.3 Å². The highest BCUT2D eigenvalue weighted by atomic mass is 35.5. The minimum absolute atomic E-state index is 0.0406. The molecule has 0 bridgehead atoms. The van der Waals surface area contributed by atoms with E-state index in [1.54, 1.807) is 0 Å². The summed E-state index contributed by atoms with van der Waals surface area (Å²) in [6.07, 6.45) is 4.46. The summed E-state index contributed by atoms with van der Waals surface area (Å²) in [7, 11) is 0. The minimum atomic E-state index is -0.492. The Morgan fingerprint density at radius 2 is 2.35 bits per heavy atom. The molecule has 1 heterocycles. The van der Waals surface area contributed by atoms with Crippen LogP contribution in [0.15, 0.2) is 6.20 Å². The lowest BCUT2D eigenvalue weighted by molar-refractivity contribution is 0.124. The van der Waals surface area contributed by atoms with Crippen LogP contribution in [-0.2, 0) is 4.74 Å². The predicted octanol–water partition coefficient (Wildman–Crippen LogP) is 2.50. The summed E-state index contributed by atoms with van der Waals surface area (Å²) in [6.45, 7) is 2.15. The Morgan fingerprint density at radius 1 is 1.53 bits per heavy atom. The third-order valence-corrected chi connectivity index (χ3v) is 2.71. The number of hydrogen-bond acceptors (Lipinski definition) is 4. The molecule has 0 aliphatic heterocycles. The molecule has 1 aromatic rings. The summed E-state index contributed by atoms with van der Waals surface area (Å²) in [5, 5.41) is 2.91. The summed E-state index contributed by atoms with van der Waals surface area (Å²) in [4.78, 5) is 7.29. The van der Waals surface area contributed by atoms with Gasteiger partial charge in [0.05, 0.1) is 6.20 Å². The molecule has 4 nitrogen and oxygen atoms in total. The molecule has 94 valence electrons. The number of rotatable bonds is 7. The molecule has 0 radical (unpaired) electrons. The molecule has 6 heteroatoms. The second-order valence-corrected chi connectivity index (χ2v) is 4.47. The van der Waals surface area contributed by atoms with Gasteiger partial charge in [-0.1, -0.05) is 0 Å². The van der Waals surface area contributed by atoms with Gasteiger partial charge in [-0.2, -0.15) is 4.98 Å². The van der Waals surface area contributed by atoms with Crippen molar-refractivity contribution in [2.45, 2.75) is 19.3 Å². The van der Waals surface area contributed by atoms with Crippen molar-refractivity contribution >= 4 is 17.4 Å². The number of anilines is 1. The monoisotopic (exact) mass is 259 g/mol. The van der Waals surface area contributed by atoms with Gasteiger partial charge < -0.3 is 10.1 Å². The zero-order chi connectivity index (χ0) is 12.1. The van der Waals surface area contributed by atoms with E-state index in [4.69, 9.17) is 16.3 Å². The Labute approximate surface area is 105 Å². The van der Waals surface area contributed by atoms with E-state index < -0.39 is 5.82 Å². The lowest BCUT2D eigenvalue weighted by Crippen LogP contribution is -2.09. The van der Waals surface area contributed by atoms with Gasteiger partial charge in [-0.3, -0.25) is 0 Å². The molecule has 1 fully saturated rings. The van der Waals surface area contributed by atoms with Crippen LogP contribution in [0.4, 0.5) is 10.2 Å². The van der Waals surface area contributed by atoms with E-state index in [0.717, 1.165) is 25.1 Å². The molecule has 0 amide bonds. The molecular formula is C11H15ClFN3O. The molecule has 1 saturated carbocycles. The standard InChI is InChI=1S/C11H15ClFN3O/c12-11-15-6-9(13)10(16-11)14-4-1-5-17-7-8-2-3-8/h6,8H,1-5,7H2,(H,14,15,16). The fraction of sp³-hybridized carbons (Fsp3) is 0.636. The fourth-order valence-corrected chi connectivity index (χ4v) is 1.52. The van der Waals surface area contributed by atoms with E-state index in [1.165, 1.54) is 12.8 Å². The molecule has 1 aliphatic carbocycles. The molecule has 1 N–H and O–H groups in total. The Bertz CT molecular complexity index is 374. The first-order valence-electron chi connectivity index (χ1n) is 5.75. The van der Waals surface area contributed by atoms with E-state index in [9.17, 15) is 4.39 Å². The maximum Gasteiger partial charge on any atom is 0.224 e. The highest BCUT2D eigenvalue weighted by molar-refractivity contribution is 6.28. The maximum absolute atomic E-state index is 13.2. The third kappa shape index (κ3) is 4.44. The SMILES string of the molecule is Fc1cnc(Cl)nc1NCCCOCC1CC1. The average molecular weight is 260 g/mol. The summed E-state index contributed by atoms with van der Waals surface area (Å²) in [5.74, 6) is 0.432. The van der Waals surface area contributed by atoms with E-state index in [1.807, 2.05) is 0 Å². The van der Waals surface area contributed by atoms with Crippen molar-refractivity contribution < 1.29 is 9.13 Å². The smallest absolute Gasteiger partial charge is 0.224 e. The normalized spacial score (nSPS) is 14.9. The largest absolute Gasteiger partial charge is 0.381 e. The number of aromatic nitrogens is 2. The van der Waals surface area contributed by atoms with E-state index in [0.29, 0.717) is 13.2 Å². The highest BCUT2D eigenvalue weighted by Gasteiger charge is 2.20. The summed E-state index contributed by atoms with van der Waals surface area (Å²) in [6, 6.07) is 0. The maximum atomic E-state index is 13.2. The van der Waals surface area contributed by atoms with Crippen molar-refractivity contribution in [1.82, 2.24) is 9.97 Å². The van der Waals surface area contributed by atoms with Gasteiger partial charge >= 0.3 is 0 Å². The molecule has 0 atom stereocenters. The fourth-order valence-electron chi connectivity index (χ4n) is 1.39. The van der Waals surface area contributed by atoms with Crippen molar-refractivity contribution in [3.8, 4) is 0 Å². The molecule has 17 heavy (non-hydrogen) atoms. The molecule has 0 spiro atoms. The van der Waals surface area contributed by atoms with Gasteiger partial charge in [0.2, 0.25) is 5.28 Å². The molecular weight excluding hydrogens is 245 g/mol. The van der Waals surface area contributed by atoms with Gasteiger partial charge in [-0.25, -0.2) is 9.37 Å². The molecule has 0 saturated heterocycles. The van der Waals surface area contributed by atoms with Crippen molar-refractivity contribution in [3.63, 3.8) is 0 Å². The molecule has 2 rings (SSSR count). The van der Waals surface area contributed by atoms with Crippen LogP contribution in [-0.4, -0.2) is 29.7 Å². The van der Waals surface area contributed by atoms with Crippen molar-refractivity contribution in [1.29, 1.82) is 0 Å². The second-order valence-electron chi connectivity index (χ2n) is 4.13. The van der Waals surface area contributed by atoms with Gasteiger partial charge in [0, 0.05) is 19.8 Å². The minimum Gasteiger partial charge on any atom is -0.381 e. The number of nitrogens with zero attached hydrogens (tertiary/aromatic N) is 2. The molecule has 0 aromatic carbocycles. The number of ether oxygens (including phenoxy) is 1. The van der Waals surface area contributed by atoms with Gasteiger partial charge in [-0.15, -0.1) is 0 Å². The van der Waals surface area contributed by atoms with Crippen molar-refractivity contribution in [3.05, 3.63) is 17.3 Å². The Balaban J connectivity index is 1.61. The quantitative estimate of drug-likeness (QED) is 0.604. The summed E-state index contributed by atoms with van der Waals surface area (Å²) in [5.41, 5.74) is 0. The average Bonchev–Trinajstić information content (AvgIpc) is 3.11. The number of nitrogens with one attached hydrogen (secondary N) is 1. The van der Waals surface area contributed by atoms with Crippen LogP contribution < -0.4 is 5.32 Å². The predicted molar refractivity (Wildman–Crippen MR) is 63.6 cm³/mol. The zero-order valence-electron chi connectivity index (χ0n) is 9.46. The molecule has 1 aromatic heterocycles. The third-order valence-electron chi connectivity index (χ3n) is 2.52. The number of hydrogen-bond donors (Lipinski definition) is 1. The summed E-state index contributed by atoms with van der Waals surface area (Å²) >= 11 is 5.57. The Kier molecular flexibility index (Phi) is 4.50. The van der Waals surface area contributed by atoms with Gasteiger partial charge in [0.15, 0.2) is 11.6 Å². The topological polar surface area (TPSA) is 47.0 Å². The van der Waals surface area contributed by atoms with Crippen molar-refractivity contribution in [2.75, 3.05) is 25.1 Å². The van der Waals surface area contributed by atoms with E-state index in [-0.39, 0.29) is 11.1 Å². The van der Waals surface area contributed by atoms with Crippen LogP contribution in [0.2, 0.25) is 5.28 Å². The van der Waals surface area contributed by atoms with Gasteiger partial charge in [0.1, 0.15) is 0 Å². The molecule has 0 unspecified atom stereocenters. The Morgan fingerprint density at radius 3 is 3.12 bits per heavy atom. The highest BCUT2D eigenvalue weighted by Crippen LogP contribution is 2.28. The summed E-state index contributed by atoms with van der Waals surface area (Å²) < 4.78 is 18.6. The van der Waals surface area contributed by atoms with Crippen molar-refractivity contribution in [2.24, 2.45) is 5.92 Å². The number of halogens is 2. The first-order valence-corrected chi connectivity index (χ1v) is 6.13. The van der Waals surface area contributed by atoms with Crippen LogP contribution in [0, 0.1) is 11.7 Å². The van der Waals surface area contributed by atoms with Gasteiger partial charge in [-0.05, 0) is 36.8 Å². The first-order chi connectivity index (χ1) is 8.25. The molecule has 1 aliphatic rings. The zero-order valence-corrected chi connectivity index (χ0v) is 10.2.